The number of hydrogen-bond acceptors (Lipinski definition) is 5. The molecule has 0 saturated heterocycles. The number of hydrazone groups is 1. The molecule has 9 nitrogen and oxygen atoms in total. The zero-order valence-corrected chi connectivity index (χ0v) is 31.5. The quantitative estimate of drug-likeness (QED) is 0.0173. The average molecular weight is 668 g/mol. The van der Waals surface area contributed by atoms with E-state index in [1.807, 2.05) is 0 Å². The maximum atomic E-state index is 12.7. The minimum atomic E-state index is -0.683. The van der Waals surface area contributed by atoms with Crippen LogP contribution in [0.25, 0.3) is 0 Å². The third-order valence-electron chi connectivity index (χ3n) is 9.10. The number of carbonyl (C=O) groups excluding carboxylic acids is 1. The number of nitrogens with one attached hydrogen (secondary N) is 2. The maximum Gasteiger partial charge on any atom is 0.306 e. The first-order valence-electron chi connectivity index (χ1n) is 20.0. The van der Waals surface area contributed by atoms with Crippen molar-refractivity contribution in [1.29, 1.82) is 0 Å². The second-order valence-corrected chi connectivity index (χ2v) is 13.6. The number of hydrogen-bond donors (Lipinski definition) is 2. The fourth-order valence-electron chi connectivity index (χ4n) is 6.16. The summed E-state index contributed by atoms with van der Waals surface area (Å²) in [6.45, 7) is 10.6. The van der Waals surface area contributed by atoms with Gasteiger partial charge in [0, 0.05) is 20.0 Å². The average Bonchev–Trinajstić information content (AvgIpc) is 3.05. The smallest absolute Gasteiger partial charge is 0.306 e. The largest absolute Gasteiger partial charge is 0.462 e. The highest BCUT2D eigenvalue weighted by Gasteiger charge is 2.14. The van der Waals surface area contributed by atoms with Gasteiger partial charge in [0.05, 0.1) is 0 Å². The van der Waals surface area contributed by atoms with Crippen LogP contribution in [-0.4, -0.2) is 61.2 Å². The summed E-state index contributed by atoms with van der Waals surface area (Å²) in [6, 6.07) is 0. The second kappa shape index (κ2) is 35.4. The van der Waals surface area contributed by atoms with Crippen LogP contribution in [0.15, 0.2) is 5.10 Å². The zero-order valence-electron chi connectivity index (χ0n) is 31.5. The Balaban J connectivity index is 4.40. The van der Waals surface area contributed by atoms with Crippen molar-refractivity contribution >= 4 is 11.9 Å². The Morgan fingerprint density at radius 2 is 1.09 bits per heavy atom. The van der Waals surface area contributed by atoms with E-state index in [2.05, 4.69) is 41.4 Å². The van der Waals surface area contributed by atoms with Gasteiger partial charge in [-0.05, 0) is 71.0 Å². The molecule has 0 fully saturated rings. The van der Waals surface area contributed by atoms with Crippen molar-refractivity contribution < 1.29 is 14.6 Å². The molecule has 0 aliphatic carbocycles. The topological polar surface area (TPSA) is 109 Å². The summed E-state index contributed by atoms with van der Waals surface area (Å²) in [7, 11) is 1.63. The predicted molar refractivity (Wildman–Crippen MR) is 199 cm³/mol. The molecule has 278 valence electrons. The Bertz CT molecular complexity index is 721. The number of nitrogens with zero attached hydrogens (tertiary/aromatic N) is 3. The molecule has 0 atom stereocenters. The van der Waals surface area contributed by atoms with Gasteiger partial charge in [-0.1, -0.05) is 136 Å². The fourth-order valence-corrected chi connectivity index (χ4v) is 6.16. The summed E-state index contributed by atoms with van der Waals surface area (Å²) in [5, 5.41) is 19.1. The van der Waals surface area contributed by atoms with Gasteiger partial charge in [0.25, 0.3) is 5.96 Å². The van der Waals surface area contributed by atoms with Crippen molar-refractivity contribution in [2.75, 3.05) is 33.2 Å². The summed E-state index contributed by atoms with van der Waals surface area (Å²) in [6.07, 6.45) is 32.2. The lowest BCUT2D eigenvalue weighted by atomic mass is 10.0. The number of esters is 1. The Kier molecular flexibility index (Phi) is 34.0. The highest BCUT2D eigenvalue weighted by molar-refractivity contribution is 5.78. The monoisotopic (exact) mass is 668 g/mol. The number of carbonyl (C=O) groups is 1. The van der Waals surface area contributed by atoms with Crippen LogP contribution < -0.4 is 10.6 Å². The van der Waals surface area contributed by atoms with Gasteiger partial charge in [0.2, 0.25) is 0 Å². The molecule has 0 aromatic carbocycles. The van der Waals surface area contributed by atoms with Gasteiger partial charge in [-0.3, -0.25) is 4.79 Å². The molecular formula is C38H77N5O4. The van der Waals surface area contributed by atoms with Crippen molar-refractivity contribution in [2.45, 2.75) is 200 Å². The van der Waals surface area contributed by atoms with Crippen molar-refractivity contribution in [3.05, 3.63) is 10.1 Å². The first kappa shape index (κ1) is 45.1. The maximum absolute atomic E-state index is 12.7. The van der Waals surface area contributed by atoms with E-state index in [0.717, 1.165) is 64.6 Å². The van der Waals surface area contributed by atoms with Gasteiger partial charge in [-0.15, -0.1) is 0 Å². The summed E-state index contributed by atoms with van der Waals surface area (Å²) >= 11 is 0. The van der Waals surface area contributed by atoms with E-state index in [1.165, 1.54) is 122 Å². The summed E-state index contributed by atoms with van der Waals surface area (Å²) in [5.74, 6) is 0.211. The van der Waals surface area contributed by atoms with Crippen LogP contribution in [-0.2, 0) is 9.53 Å². The van der Waals surface area contributed by atoms with Crippen molar-refractivity contribution in [3.63, 3.8) is 0 Å². The van der Waals surface area contributed by atoms with Crippen molar-refractivity contribution in [1.82, 2.24) is 15.5 Å². The highest BCUT2D eigenvalue weighted by atomic mass is 16.7. The molecule has 0 aromatic heterocycles. The SMILES string of the molecule is CCCCCCCCC(CCCCCCCC)OC(=O)CCCCCCCN(CCCCCCCC)CCCN/C(=N/[N+](=O)[O-])NC. The molecule has 0 rings (SSSR count). The summed E-state index contributed by atoms with van der Waals surface area (Å²) in [4.78, 5) is 25.9. The van der Waals surface area contributed by atoms with Gasteiger partial charge in [0.15, 0.2) is 5.03 Å². The van der Waals surface area contributed by atoms with Crippen LogP contribution in [0, 0.1) is 10.1 Å². The molecule has 0 heterocycles. The lowest BCUT2D eigenvalue weighted by Gasteiger charge is -2.22. The van der Waals surface area contributed by atoms with Crippen molar-refractivity contribution in [3.8, 4) is 0 Å². The molecule has 0 amide bonds. The van der Waals surface area contributed by atoms with E-state index in [-0.39, 0.29) is 18.0 Å². The molecule has 0 radical (unpaired) electrons. The van der Waals surface area contributed by atoms with Crippen molar-refractivity contribution in [2.24, 2.45) is 5.10 Å². The van der Waals surface area contributed by atoms with Gasteiger partial charge in [-0.2, -0.15) is 0 Å². The van der Waals surface area contributed by atoms with E-state index >= 15 is 0 Å². The van der Waals surface area contributed by atoms with E-state index in [9.17, 15) is 14.9 Å². The molecule has 0 unspecified atom stereocenters. The Hall–Kier alpha value is -1.90. The lowest BCUT2D eigenvalue weighted by molar-refractivity contribution is -0.485. The molecule has 0 aliphatic heterocycles. The van der Waals surface area contributed by atoms with Gasteiger partial charge < -0.3 is 20.3 Å². The number of guanidine groups is 1. The molecule has 0 saturated carbocycles. The second-order valence-electron chi connectivity index (χ2n) is 13.6. The number of rotatable bonds is 35. The molecule has 47 heavy (non-hydrogen) atoms. The van der Waals surface area contributed by atoms with Crippen LogP contribution in [0.4, 0.5) is 0 Å². The summed E-state index contributed by atoms with van der Waals surface area (Å²) < 4.78 is 6.03. The zero-order chi connectivity index (χ0) is 34.6. The highest BCUT2D eigenvalue weighted by Crippen LogP contribution is 2.18. The predicted octanol–water partition coefficient (Wildman–Crippen LogP) is 10.1. The van der Waals surface area contributed by atoms with Crippen LogP contribution in [0.3, 0.4) is 0 Å². The third-order valence-corrected chi connectivity index (χ3v) is 9.10. The fraction of sp³-hybridized carbons (Fsp3) is 0.947. The Morgan fingerprint density at radius 3 is 1.55 bits per heavy atom. The van der Waals surface area contributed by atoms with E-state index in [1.54, 1.807) is 7.05 Å². The number of nitro groups is 1. The van der Waals surface area contributed by atoms with E-state index in [4.69, 9.17) is 4.74 Å². The normalized spacial score (nSPS) is 11.8. The Labute approximate surface area is 290 Å². The molecule has 0 aliphatic rings. The van der Waals surface area contributed by atoms with Crippen LogP contribution in [0.5, 0.6) is 0 Å². The van der Waals surface area contributed by atoms with Gasteiger partial charge in [-0.25, -0.2) is 10.1 Å². The molecule has 0 aromatic rings. The standard InChI is InChI=1S/C38H77N5O4/c1-5-8-11-14-18-23-29-36(30-24-19-15-12-9-6-2)47-37(44)31-25-20-17-22-27-34-42(33-26-21-16-13-10-7-3)35-28-32-40-38(39-4)41-43(45)46/h36H,5-35H2,1-4H3,(H2,39,40,41). The molecule has 9 heteroatoms. The lowest BCUT2D eigenvalue weighted by Crippen LogP contribution is -2.37. The van der Waals surface area contributed by atoms with Crippen LogP contribution >= 0.6 is 0 Å². The Morgan fingerprint density at radius 1 is 0.660 bits per heavy atom. The number of unbranched alkanes of at least 4 members (excludes halogenated alkanes) is 19. The number of ether oxygens (including phenoxy) is 1. The van der Waals surface area contributed by atoms with E-state index < -0.39 is 5.03 Å². The molecule has 2 N–H and O–H groups in total. The minimum absolute atomic E-state index is 0.00961. The van der Waals surface area contributed by atoms with E-state index in [0.29, 0.717) is 13.0 Å². The van der Waals surface area contributed by atoms with Crippen LogP contribution in [0.2, 0.25) is 0 Å². The molecular weight excluding hydrogens is 590 g/mol. The first-order chi connectivity index (χ1) is 23.0. The van der Waals surface area contributed by atoms with Gasteiger partial charge >= 0.3 is 5.97 Å². The first-order valence-corrected chi connectivity index (χ1v) is 20.0. The molecule has 0 spiro atoms. The third kappa shape index (κ3) is 32.4. The molecule has 0 bridgehead atoms. The van der Waals surface area contributed by atoms with Crippen LogP contribution in [0.1, 0.15) is 194 Å². The minimum Gasteiger partial charge on any atom is -0.462 e. The summed E-state index contributed by atoms with van der Waals surface area (Å²) in [5.41, 5.74) is 0. The van der Waals surface area contributed by atoms with Gasteiger partial charge in [0.1, 0.15) is 11.2 Å².